The molecule has 0 aliphatic rings. The van der Waals surface area contributed by atoms with Crippen LogP contribution in [0.2, 0.25) is 0 Å². The minimum atomic E-state index is -0.263. The number of nitrogens with one attached hydrogen (secondary N) is 1. The molecule has 4 rings (SSSR count). The molecule has 34 heavy (non-hydrogen) atoms. The van der Waals surface area contributed by atoms with Gasteiger partial charge < -0.3 is 14.8 Å². The van der Waals surface area contributed by atoms with Gasteiger partial charge in [-0.1, -0.05) is 13.0 Å². The van der Waals surface area contributed by atoms with Crippen molar-refractivity contribution in [3.63, 3.8) is 0 Å². The molecule has 4 aromatic rings. The van der Waals surface area contributed by atoms with Crippen LogP contribution < -0.4 is 20.3 Å². The van der Waals surface area contributed by atoms with E-state index < -0.39 is 0 Å². The monoisotopic (exact) mass is 482 g/mol. The first-order valence-corrected chi connectivity index (χ1v) is 12.4. The van der Waals surface area contributed by atoms with Crippen LogP contribution in [0.3, 0.4) is 0 Å². The van der Waals surface area contributed by atoms with Gasteiger partial charge >= 0.3 is 0 Å². The molecular weight excluding hydrogens is 452 g/mol. The summed E-state index contributed by atoms with van der Waals surface area (Å²) in [5.41, 5.74) is 2.32. The van der Waals surface area contributed by atoms with Crippen LogP contribution in [0, 0.1) is 6.92 Å². The number of amides is 1. The van der Waals surface area contributed by atoms with Crippen molar-refractivity contribution >= 4 is 33.0 Å². The summed E-state index contributed by atoms with van der Waals surface area (Å²) in [5, 5.41) is 7.39. The third-order valence-electron chi connectivity index (χ3n) is 5.51. The Morgan fingerprint density at radius 2 is 1.82 bits per heavy atom. The molecule has 1 amide bonds. The molecule has 0 aliphatic heterocycles. The first-order chi connectivity index (χ1) is 16.4. The zero-order valence-electron chi connectivity index (χ0n) is 20.0. The van der Waals surface area contributed by atoms with Crippen molar-refractivity contribution in [1.82, 2.24) is 19.5 Å². The molecule has 0 unspecified atom stereocenters. The number of carbonyl (C=O) groups is 1. The van der Waals surface area contributed by atoms with Gasteiger partial charge in [-0.05, 0) is 57.0 Å². The highest BCUT2D eigenvalue weighted by Crippen LogP contribution is 2.29. The number of thiophene rings is 1. The SMILES string of the molecule is CCOc1ccc(CCNC(=O)Cn2nc(CC)n3c(cc4sc(C)cc43)c2=O)cc1OCC. The van der Waals surface area contributed by atoms with Crippen molar-refractivity contribution in [3.8, 4) is 11.5 Å². The lowest BCUT2D eigenvalue weighted by molar-refractivity contribution is -0.121. The van der Waals surface area contributed by atoms with Gasteiger partial charge in [0.15, 0.2) is 11.5 Å². The molecule has 180 valence electrons. The third-order valence-corrected chi connectivity index (χ3v) is 6.50. The number of benzene rings is 1. The number of aromatic nitrogens is 3. The average molecular weight is 483 g/mol. The minimum Gasteiger partial charge on any atom is -0.490 e. The number of fused-ring (bicyclic) bond motifs is 3. The van der Waals surface area contributed by atoms with Gasteiger partial charge in [0.2, 0.25) is 5.91 Å². The number of carbonyl (C=O) groups excluding carboxylic acids is 1. The van der Waals surface area contributed by atoms with Crippen LogP contribution in [-0.2, 0) is 24.2 Å². The van der Waals surface area contributed by atoms with E-state index in [1.54, 1.807) is 11.3 Å². The van der Waals surface area contributed by atoms with Crippen LogP contribution in [0.5, 0.6) is 11.5 Å². The molecule has 1 aromatic carbocycles. The topological polar surface area (TPSA) is 86.9 Å². The van der Waals surface area contributed by atoms with Gasteiger partial charge in [0, 0.05) is 17.8 Å². The van der Waals surface area contributed by atoms with E-state index in [0.29, 0.717) is 49.6 Å². The lowest BCUT2D eigenvalue weighted by atomic mass is 10.1. The standard InChI is InChI=1S/C25H30N4O4S/c1-5-23-27-28(25(31)19-14-22-18(29(19)23)12-16(4)34-22)15-24(30)26-11-10-17-8-9-20(32-6-2)21(13-17)33-7-3/h8-9,12-14H,5-7,10-11,15H2,1-4H3,(H,26,30). The zero-order chi connectivity index (χ0) is 24.2. The molecule has 0 bridgehead atoms. The molecule has 0 aliphatic carbocycles. The quantitative estimate of drug-likeness (QED) is 0.372. The second-order valence-electron chi connectivity index (χ2n) is 7.95. The minimum absolute atomic E-state index is 0.117. The second-order valence-corrected chi connectivity index (χ2v) is 9.24. The Morgan fingerprint density at radius 1 is 1.06 bits per heavy atom. The molecule has 9 heteroatoms. The van der Waals surface area contributed by atoms with Gasteiger partial charge in [-0.2, -0.15) is 5.10 Å². The van der Waals surface area contributed by atoms with Gasteiger partial charge in [-0.3, -0.25) is 14.0 Å². The normalized spacial score (nSPS) is 11.3. The summed E-state index contributed by atoms with van der Waals surface area (Å²) in [6.07, 6.45) is 1.28. The summed E-state index contributed by atoms with van der Waals surface area (Å²) in [6.45, 7) is 9.34. The fourth-order valence-electron chi connectivity index (χ4n) is 4.04. The number of hydrogen-bond donors (Lipinski definition) is 1. The Labute approximate surface area is 202 Å². The van der Waals surface area contributed by atoms with Crippen molar-refractivity contribution < 1.29 is 14.3 Å². The van der Waals surface area contributed by atoms with E-state index in [-0.39, 0.29) is 18.0 Å². The molecule has 0 spiro atoms. The summed E-state index contributed by atoms with van der Waals surface area (Å²) >= 11 is 1.65. The van der Waals surface area contributed by atoms with Gasteiger partial charge in [-0.15, -0.1) is 11.3 Å². The molecule has 3 aromatic heterocycles. The van der Waals surface area contributed by atoms with Crippen LogP contribution in [0.1, 0.15) is 37.0 Å². The maximum atomic E-state index is 13.0. The Morgan fingerprint density at radius 3 is 2.56 bits per heavy atom. The highest BCUT2D eigenvalue weighted by atomic mass is 32.1. The summed E-state index contributed by atoms with van der Waals surface area (Å²) in [4.78, 5) is 26.8. The van der Waals surface area contributed by atoms with Gasteiger partial charge in [0.1, 0.15) is 17.9 Å². The van der Waals surface area contributed by atoms with Gasteiger partial charge in [-0.25, -0.2) is 4.68 Å². The molecule has 0 saturated carbocycles. The summed E-state index contributed by atoms with van der Waals surface area (Å²) in [6, 6.07) is 9.76. The molecule has 8 nitrogen and oxygen atoms in total. The molecular formula is C25H30N4O4S. The van der Waals surface area contributed by atoms with E-state index in [0.717, 1.165) is 21.6 Å². The number of nitrogens with zero attached hydrogens (tertiary/aromatic N) is 3. The van der Waals surface area contributed by atoms with Crippen molar-refractivity contribution in [1.29, 1.82) is 0 Å². The third kappa shape index (κ3) is 4.79. The molecule has 1 N–H and O–H groups in total. The van der Waals surface area contributed by atoms with Gasteiger partial charge in [0.05, 0.1) is 23.4 Å². The predicted molar refractivity (Wildman–Crippen MR) is 134 cm³/mol. The Hall–Kier alpha value is -3.33. The molecule has 0 atom stereocenters. The maximum Gasteiger partial charge on any atom is 0.291 e. The summed E-state index contributed by atoms with van der Waals surface area (Å²) < 4.78 is 15.5. The highest BCUT2D eigenvalue weighted by Gasteiger charge is 2.16. The summed E-state index contributed by atoms with van der Waals surface area (Å²) in [5.74, 6) is 1.92. The van der Waals surface area contributed by atoms with Crippen LogP contribution in [0.4, 0.5) is 0 Å². The van der Waals surface area contributed by atoms with E-state index in [1.807, 2.05) is 56.4 Å². The van der Waals surface area contributed by atoms with Crippen LogP contribution in [0.15, 0.2) is 35.1 Å². The number of hydrogen-bond acceptors (Lipinski definition) is 6. The van der Waals surface area contributed by atoms with Crippen LogP contribution >= 0.6 is 11.3 Å². The maximum absolute atomic E-state index is 13.0. The lowest BCUT2D eigenvalue weighted by Crippen LogP contribution is -2.36. The molecule has 0 saturated heterocycles. The van der Waals surface area contributed by atoms with Crippen LogP contribution in [-0.4, -0.2) is 39.8 Å². The molecule has 0 radical (unpaired) electrons. The van der Waals surface area contributed by atoms with Crippen molar-refractivity contribution in [2.45, 2.75) is 47.1 Å². The van der Waals surface area contributed by atoms with E-state index in [1.165, 1.54) is 9.56 Å². The largest absolute Gasteiger partial charge is 0.490 e. The average Bonchev–Trinajstić information content (AvgIpc) is 3.34. The smallest absolute Gasteiger partial charge is 0.291 e. The highest BCUT2D eigenvalue weighted by molar-refractivity contribution is 7.19. The lowest BCUT2D eigenvalue weighted by Gasteiger charge is -2.13. The first kappa shape index (κ1) is 23.8. The Bertz CT molecular complexity index is 1390. The van der Waals surface area contributed by atoms with Crippen molar-refractivity contribution in [2.24, 2.45) is 0 Å². The molecule has 3 heterocycles. The number of aryl methyl sites for hydroxylation is 2. The number of rotatable bonds is 10. The zero-order valence-corrected chi connectivity index (χ0v) is 20.8. The van der Waals surface area contributed by atoms with Crippen LogP contribution in [0.25, 0.3) is 15.7 Å². The van der Waals surface area contributed by atoms with E-state index >= 15 is 0 Å². The fourth-order valence-corrected chi connectivity index (χ4v) is 4.98. The van der Waals surface area contributed by atoms with E-state index in [9.17, 15) is 9.59 Å². The predicted octanol–water partition coefficient (Wildman–Crippen LogP) is 3.74. The Kier molecular flexibility index (Phi) is 7.21. The first-order valence-electron chi connectivity index (χ1n) is 11.6. The van der Waals surface area contributed by atoms with Gasteiger partial charge in [0.25, 0.3) is 5.56 Å². The van der Waals surface area contributed by atoms with Crippen molar-refractivity contribution in [3.05, 3.63) is 57.0 Å². The Balaban J connectivity index is 1.45. The van der Waals surface area contributed by atoms with E-state index in [2.05, 4.69) is 16.5 Å². The second kappa shape index (κ2) is 10.3. The van der Waals surface area contributed by atoms with Crippen molar-refractivity contribution in [2.75, 3.05) is 19.8 Å². The molecule has 0 fully saturated rings. The summed E-state index contributed by atoms with van der Waals surface area (Å²) in [7, 11) is 0. The number of ether oxygens (including phenoxy) is 2. The fraction of sp³-hybridized carbons (Fsp3) is 0.400. The van der Waals surface area contributed by atoms with E-state index in [4.69, 9.17) is 9.47 Å².